The summed E-state index contributed by atoms with van der Waals surface area (Å²) in [6, 6.07) is 11.5. The van der Waals surface area contributed by atoms with E-state index in [1.54, 1.807) is 12.1 Å². The van der Waals surface area contributed by atoms with Gasteiger partial charge < -0.3 is 19.8 Å². The molecule has 37 heavy (non-hydrogen) atoms. The standard InChI is InChI=1S/C30H32N2O4S/c33-25-3-1-21(12-23(25)14-27-28(35)31-29(37-27)32-5-7-36-8-6-32)22-2-4-26(34)24(13-22)30-15-18-9-19(16-30)11-20(10-18)17-30/h1-4,12-14,18-20,33-34H,5-11,15-17H2. The summed E-state index contributed by atoms with van der Waals surface area (Å²) in [4.78, 5) is 19.5. The van der Waals surface area contributed by atoms with Gasteiger partial charge in [0.2, 0.25) is 0 Å². The molecule has 0 aromatic heterocycles. The van der Waals surface area contributed by atoms with Crippen molar-refractivity contribution in [3.8, 4) is 22.6 Å². The lowest BCUT2D eigenvalue weighted by Gasteiger charge is -2.57. The van der Waals surface area contributed by atoms with Crippen LogP contribution < -0.4 is 0 Å². The van der Waals surface area contributed by atoms with Gasteiger partial charge in [-0.15, -0.1) is 0 Å². The molecule has 0 radical (unpaired) electrons. The highest BCUT2D eigenvalue weighted by atomic mass is 32.2. The Morgan fingerprint density at radius 1 is 0.919 bits per heavy atom. The second kappa shape index (κ2) is 8.91. The van der Waals surface area contributed by atoms with Gasteiger partial charge in [0.25, 0.3) is 5.91 Å². The lowest BCUT2D eigenvalue weighted by Crippen LogP contribution is -2.48. The number of amidine groups is 1. The van der Waals surface area contributed by atoms with Gasteiger partial charge in [0, 0.05) is 24.2 Å². The highest BCUT2D eigenvalue weighted by molar-refractivity contribution is 8.18. The van der Waals surface area contributed by atoms with Crippen LogP contribution in [0.25, 0.3) is 17.2 Å². The molecule has 6 aliphatic rings. The Morgan fingerprint density at radius 3 is 2.22 bits per heavy atom. The molecule has 192 valence electrons. The van der Waals surface area contributed by atoms with Crippen LogP contribution >= 0.6 is 11.8 Å². The first kappa shape index (κ1) is 23.4. The molecule has 0 atom stereocenters. The summed E-state index contributed by atoms with van der Waals surface area (Å²) in [6.45, 7) is 2.71. The highest BCUT2D eigenvalue weighted by Crippen LogP contribution is 2.62. The lowest BCUT2D eigenvalue weighted by molar-refractivity contribution is -0.113. The third-order valence-electron chi connectivity index (χ3n) is 9.14. The first-order chi connectivity index (χ1) is 18.0. The molecule has 1 amide bonds. The van der Waals surface area contributed by atoms with Crippen molar-refractivity contribution >= 4 is 28.9 Å². The molecule has 6 nitrogen and oxygen atoms in total. The van der Waals surface area contributed by atoms with Crippen LogP contribution in [-0.4, -0.2) is 52.5 Å². The normalized spacial score (nSPS) is 31.8. The molecular weight excluding hydrogens is 484 g/mol. The number of amides is 1. The fourth-order valence-corrected chi connectivity index (χ4v) is 8.82. The Balaban J connectivity index is 1.19. The zero-order valence-corrected chi connectivity index (χ0v) is 21.7. The number of ether oxygens (including phenoxy) is 1. The Hall–Kier alpha value is -2.77. The van der Waals surface area contributed by atoms with Gasteiger partial charge in [-0.25, -0.2) is 0 Å². The molecule has 8 rings (SSSR count). The summed E-state index contributed by atoms with van der Waals surface area (Å²) in [5, 5.41) is 22.3. The molecule has 2 aromatic rings. The van der Waals surface area contributed by atoms with Crippen molar-refractivity contribution in [1.29, 1.82) is 0 Å². The molecule has 0 spiro atoms. The number of aliphatic imine (C=N–C) groups is 1. The number of carbonyl (C=O) groups excluding carboxylic acids is 1. The van der Waals surface area contributed by atoms with Gasteiger partial charge in [0.15, 0.2) is 5.17 Å². The summed E-state index contributed by atoms with van der Waals surface area (Å²) >= 11 is 1.35. The lowest BCUT2D eigenvalue weighted by atomic mass is 9.48. The predicted molar refractivity (Wildman–Crippen MR) is 145 cm³/mol. The number of morpholine rings is 1. The Labute approximate surface area is 221 Å². The number of aromatic hydroxyl groups is 2. The zero-order chi connectivity index (χ0) is 25.1. The maximum absolute atomic E-state index is 12.6. The first-order valence-electron chi connectivity index (χ1n) is 13.5. The van der Waals surface area contributed by atoms with Crippen molar-refractivity contribution in [2.45, 2.75) is 43.9 Å². The number of phenols is 2. The SMILES string of the molecule is O=C1N=C(N2CCOCC2)SC1=Cc1cc(-c2ccc(O)c(C34CC5CC(CC(C5)C3)C4)c2)ccc1O. The van der Waals surface area contributed by atoms with E-state index in [9.17, 15) is 15.0 Å². The van der Waals surface area contributed by atoms with E-state index in [1.807, 2.05) is 24.3 Å². The number of benzene rings is 2. The van der Waals surface area contributed by atoms with Crippen LogP contribution in [-0.2, 0) is 14.9 Å². The van der Waals surface area contributed by atoms with E-state index >= 15 is 0 Å². The summed E-state index contributed by atoms with van der Waals surface area (Å²) in [5.41, 5.74) is 3.77. The van der Waals surface area contributed by atoms with Crippen molar-refractivity contribution in [1.82, 2.24) is 4.90 Å². The third-order valence-corrected chi connectivity index (χ3v) is 10.2. The van der Waals surface area contributed by atoms with Gasteiger partial charge in [-0.05, 0) is 115 Å². The summed E-state index contributed by atoms with van der Waals surface area (Å²) < 4.78 is 5.41. The number of rotatable bonds is 3. The van der Waals surface area contributed by atoms with Crippen LogP contribution in [0.2, 0.25) is 0 Å². The number of hydrogen-bond donors (Lipinski definition) is 2. The van der Waals surface area contributed by atoms with E-state index in [0.29, 0.717) is 34.6 Å². The minimum atomic E-state index is -0.273. The average Bonchev–Trinajstić information content (AvgIpc) is 3.25. The number of thioether (sulfide) groups is 1. The smallest absolute Gasteiger partial charge is 0.286 e. The van der Waals surface area contributed by atoms with E-state index in [0.717, 1.165) is 47.5 Å². The molecule has 2 heterocycles. The van der Waals surface area contributed by atoms with Crippen molar-refractivity contribution in [2.75, 3.05) is 26.3 Å². The molecule has 4 saturated carbocycles. The van der Waals surface area contributed by atoms with E-state index in [2.05, 4.69) is 16.0 Å². The predicted octanol–water partition coefficient (Wildman–Crippen LogP) is 5.54. The largest absolute Gasteiger partial charge is 0.508 e. The van der Waals surface area contributed by atoms with Crippen LogP contribution in [0, 0.1) is 17.8 Å². The fourth-order valence-electron chi connectivity index (χ4n) is 7.86. The zero-order valence-electron chi connectivity index (χ0n) is 20.9. The van der Waals surface area contributed by atoms with Crippen LogP contribution in [0.3, 0.4) is 0 Å². The highest BCUT2D eigenvalue weighted by Gasteiger charge is 2.52. The van der Waals surface area contributed by atoms with Crippen LogP contribution in [0.15, 0.2) is 46.3 Å². The molecule has 2 N–H and O–H groups in total. The molecule has 2 aromatic carbocycles. The monoisotopic (exact) mass is 516 g/mol. The molecule has 5 fully saturated rings. The topological polar surface area (TPSA) is 82.4 Å². The van der Waals surface area contributed by atoms with Gasteiger partial charge in [-0.1, -0.05) is 12.1 Å². The molecule has 1 saturated heterocycles. The maximum atomic E-state index is 12.6. The van der Waals surface area contributed by atoms with Gasteiger partial charge in [-0.3, -0.25) is 4.79 Å². The van der Waals surface area contributed by atoms with Gasteiger partial charge in [0.1, 0.15) is 11.5 Å². The number of phenolic OH excluding ortho intramolecular Hbond substituents is 2. The van der Waals surface area contributed by atoms with E-state index < -0.39 is 0 Å². The minimum absolute atomic E-state index is 0.0940. The third kappa shape index (κ3) is 4.16. The second-order valence-electron chi connectivity index (χ2n) is 11.6. The van der Waals surface area contributed by atoms with Gasteiger partial charge in [-0.2, -0.15) is 4.99 Å². The Morgan fingerprint density at radius 2 is 1.54 bits per heavy atom. The number of nitrogens with zero attached hydrogens (tertiary/aromatic N) is 2. The Kier molecular flexibility index (Phi) is 5.63. The fraction of sp³-hybridized carbons (Fsp3) is 0.467. The quantitative estimate of drug-likeness (QED) is 0.522. The summed E-state index contributed by atoms with van der Waals surface area (Å²) in [6.07, 6.45) is 9.40. The summed E-state index contributed by atoms with van der Waals surface area (Å²) in [7, 11) is 0. The minimum Gasteiger partial charge on any atom is -0.508 e. The van der Waals surface area contributed by atoms with E-state index in [1.165, 1.54) is 50.3 Å². The molecular formula is C30H32N2O4S. The van der Waals surface area contributed by atoms with Crippen molar-refractivity contribution in [3.63, 3.8) is 0 Å². The van der Waals surface area contributed by atoms with Crippen LogP contribution in [0.1, 0.15) is 49.7 Å². The molecule has 0 unspecified atom stereocenters. The van der Waals surface area contributed by atoms with Gasteiger partial charge in [0.05, 0.1) is 18.1 Å². The van der Waals surface area contributed by atoms with Crippen molar-refractivity contribution in [2.24, 2.45) is 22.7 Å². The van der Waals surface area contributed by atoms with Crippen molar-refractivity contribution < 1.29 is 19.7 Å². The molecule has 4 aliphatic carbocycles. The average molecular weight is 517 g/mol. The van der Waals surface area contributed by atoms with Gasteiger partial charge >= 0.3 is 0 Å². The number of hydrogen-bond acceptors (Lipinski definition) is 6. The Bertz CT molecular complexity index is 1290. The van der Waals surface area contributed by atoms with Crippen molar-refractivity contribution in [3.05, 3.63) is 52.4 Å². The molecule has 7 heteroatoms. The van der Waals surface area contributed by atoms with E-state index in [4.69, 9.17) is 4.74 Å². The van der Waals surface area contributed by atoms with E-state index in [-0.39, 0.29) is 17.1 Å². The second-order valence-corrected chi connectivity index (χ2v) is 12.6. The van der Waals surface area contributed by atoms with Crippen LogP contribution in [0.4, 0.5) is 0 Å². The molecule has 2 aliphatic heterocycles. The number of carbonyl (C=O) groups is 1. The maximum Gasteiger partial charge on any atom is 0.286 e. The molecule has 4 bridgehead atoms. The van der Waals surface area contributed by atoms with Crippen LogP contribution in [0.5, 0.6) is 11.5 Å². The summed E-state index contributed by atoms with van der Waals surface area (Å²) in [5.74, 6) is 2.66. The first-order valence-corrected chi connectivity index (χ1v) is 14.3.